The van der Waals surface area contributed by atoms with E-state index in [4.69, 9.17) is 9.47 Å². The number of nitrogens with zero attached hydrogens (tertiary/aromatic N) is 2. The van der Waals surface area contributed by atoms with E-state index in [1.165, 1.54) is 17.4 Å². The number of phenols is 1. The van der Waals surface area contributed by atoms with Crippen molar-refractivity contribution in [3.8, 4) is 11.5 Å². The van der Waals surface area contributed by atoms with Crippen molar-refractivity contribution in [3.05, 3.63) is 84.5 Å². The maximum atomic E-state index is 13.7. The lowest BCUT2D eigenvalue weighted by Crippen LogP contribution is -2.39. The number of aromatic hydroxyl groups is 1. The summed E-state index contributed by atoms with van der Waals surface area (Å²) in [4.78, 5) is 32.8. The van der Waals surface area contributed by atoms with E-state index in [1.54, 1.807) is 48.4 Å². The third-order valence-electron chi connectivity index (χ3n) is 5.53. The molecule has 182 valence electrons. The maximum absolute atomic E-state index is 13.7. The third-order valence-corrected chi connectivity index (χ3v) is 7.26. The van der Waals surface area contributed by atoms with Crippen LogP contribution in [0.15, 0.2) is 68.4 Å². The first-order chi connectivity index (χ1) is 16.9. The topological polar surface area (TPSA) is 90.1 Å². The minimum Gasteiger partial charge on any atom is -0.504 e. The Hall–Kier alpha value is -3.30. The van der Waals surface area contributed by atoms with Crippen molar-refractivity contribution in [2.24, 2.45) is 4.99 Å². The van der Waals surface area contributed by atoms with Crippen molar-refractivity contribution < 1.29 is 19.4 Å². The molecule has 1 N–H and O–H groups in total. The Morgan fingerprint density at radius 3 is 2.60 bits per heavy atom. The van der Waals surface area contributed by atoms with Gasteiger partial charge in [0.2, 0.25) is 0 Å². The number of fused-ring (bicyclic) bond motifs is 1. The average molecular weight is 511 g/mol. The van der Waals surface area contributed by atoms with Gasteiger partial charge in [-0.3, -0.25) is 9.36 Å². The Bertz CT molecular complexity index is 1470. The lowest BCUT2D eigenvalue weighted by molar-refractivity contribution is -0.139. The third kappa shape index (κ3) is 4.92. The molecule has 0 fully saturated rings. The number of carbonyl (C=O) groups excluding carboxylic acids is 1. The summed E-state index contributed by atoms with van der Waals surface area (Å²) in [5.74, 6) is -0.100. The quantitative estimate of drug-likeness (QED) is 0.386. The first kappa shape index (κ1) is 24.8. The highest BCUT2D eigenvalue weighted by atomic mass is 32.2. The molecule has 2 aromatic carbocycles. The molecule has 35 heavy (non-hydrogen) atoms. The largest absolute Gasteiger partial charge is 0.504 e. The number of ether oxygens (including phenoxy) is 2. The molecule has 0 spiro atoms. The highest BCUT2D eigenvalue weighted by molar-refractivity contribution is 7.98. The zero-order valence-electron chi connectivity index (χ0n) is 19.9. The van der Waals surface area contributed by atoms with E-state index < -0.39 is 12.0 Å². The molecule has 1 aliphatic rings. The van der Waals surface area contributed by atoms with Crippen molar-refractivity contribution in [1.82, 2.24) is 4.57 Å². The van der Waals surface area contributed by atoms with Gasteiger partial charge >= 0.3 is 5.97 Å². The fourth-order valence-corrected chi connectivity index (χ4v) is 5.39. The number of esters is 1. The fourth-order valence-electron chi connectivity index (χ4n) is 3.94. The number of thioether (sulfide) groups is 1. The van der Waals surface area contributed by atoms with E-state index in [0.717, 1.165) is 10.5 Å². The summed E-state index contributed by atoms with van der Waals surface area (Å²) < 4.78 is 12.8. The molecule has 0 radical (unpaired) electrons. The fraction of sp³-hybridized carbons (Fsp3) is 0.269. The molecule has 1 aliphatic heterocycles. The molecule has 9 heteroatoms. The van der Waals surface area contributed by atoms with Crippen molar-refractivity contribution in [3.63, 3.8) is 0 Å². The number of benzene rings is 2. The summed E-state index contributed by atoms with van der Waals surface area (Å²) in [6.07, 6.45) is 3.73. The number of rotatable bonds is 7. The van der Waals surface area contributed by atoms with E-state index in [9.17, 15) is 14.7 Å². The normalized spacial score (nSPS) is 15.5. The van der Waals surface area contributed by atoms with Gasteiger partial charge in [0, 0.05) is 4.90 Å². The Morgan fingerprint density at radius 2 is 1.94 bits per heavy atom. The maximum Gasteiger partial charge on any atom is 0.338 e. The standard InChI is InChI=1S/C26H26N2O5S2/c1-5-32-20-13-16(7-12-19(20)29)14-21-24(30)28-23(17-8-10-18(34-4)11-9-17)22(25(31)33-6-2)15(3)27-26(28)35-21/h7-14,23,29H,5-6H2,1-4H3/b21-14-/t23-/m1/s1. The average Bonchev–Trinajstić information content (AvgIpc) is 3.15. The molecule has 3 aromatic rings. The van der Waals surface area contributed by atoms with Crippen LogP contribution in [-0.4, -0.2) is 35.1 Å². The van der Waals surface area contributed by atoms with Crippen LogP contribution >= 0.6 is 23.1 Å². The lowest BCUT2D eigenvalue weighted by Gasteiger charge is -2.24. The van der Waals surface area contributed by atoms with Crippen LogP contribution in [0.3, 0.4) is 0 Å². The summed E-state index contributed by atoms with van der Waals surface area (Å²) in [5.41, 5.74) is 2.13. The van der Waals surface area contributed by atoms with Crippen molar-refractivity contribution in [1.29, 1.82) is 0 Å². The molecule has 2 heterocycles. The van der Waals surface area contributed by atoms with Gasteiger partial charge in [0.05, 0.1) is 35.1 Å². The second-order valence-electron chi connectivity index (χ2n) is 7.74. The van der Waals surface area contributed by atoms with E-state index >= 15 is 0 Å². The minimum atomic E-state index is -0.651. The first-order valence-corrected chi connectivity index (χ1v) is 13.2. The summed E-state index contributed by atoms with van der Waals surface area (Å²) in [6.45, 7) is 5.98. The van der Waals surface area contributed by atoms with E-state index in [-0.39, 0.29) is 17.9 Å². The predicted octanol–water partition coefficient (Wildman–Crippen LogP) is 3.62. The van der Waals surface area contributed by atoms with E-state index in [1.807, 2.05) is 37.4 Å². The molecule has 0 saturated carbocycles. The van der Waals surface area contributed by atoms with Gasteiger partial charge in [-0.25, -0.2) is 9.79 Å². The van der Waals surface area contributed by atoms with Crippen LogP contribution in [0.5, 0.6) is 11.5 Å². The van der Waals surface area contributed by atoms with Gasteiger partial charge in [-0.05, 0) is 68.5 Å². The van der Waals surface area contributed by atoms with Crippen molar-refractivity contribution in [2.45, 2.75) is 31.7 Å². The molecule has 1 atom stereocenters. The van der Waals surface area contributed by atoms with Gasteiger partial charge < -0.3 is 14.6 Å². The van der Waals surface area contributed by atoms with Gasteiger partial charge in [-0.2, -0.15) is 0 Å². The number of hydrogen-bond acceptors (Lipinski definition) is 8. The van der Waals surface area contributed by atoms with Gasteiger partial charge in [-0.15, -0.1) is 11.8 Å². The Kier molecular flexibility index (Phi) is 7.47. The van der Waals surface area contributed by atoms with E-state index in [0.29, 0.717) is 38.5 Å². The Morgan fingerprint density at radius 1 is 1.20 bits per heavy atom. The molecule has 0 saturated heterocycles. The molecule has 0 unspecified atom stereocenters. The number of hydrogen-bond donors (Lipinski definition) is 1. The summed E-state index contributed by atoms with van der Waals surface area (Å²) in [7, 11) is 0. The van der Waals surface area contributed by atoms with Gasteiger partial charge in [-0.1, -0.05) is 29.5 Å². The van der Waals surface area contributed by atoms with Crippen LogP contribution in [0, 0.1) is 0 Å². The highest BCUT2D eigenvalue weighted by Gasteiger charge is 2.33. The van der Waals surface area contributed by atoms with Crippen molar-refractivity contribution >= 4 is 35.1 Å². The molecule has 0 bridgehead atoms. The van der Waals surface area contributed by atoms with Crippen LogP contribution < -0.4 is 19.6 Å². The molecular formula is C26H26N2O5S2. The lowest BCUT2D eigenvalue weighted by atomic mass is 9.96. The van der Waals surface area contributed by atoms with Crippen LogP contribution in [0.25, 0.3) is 6.08 Å². The molecular weight excluding hydrogens is 484 g/mol. The summed E-state index contributed by atoms with van der Waals surface area (Å²) in [6, 6.07) is 12.1. The summed E-state index contributed by atoms with van der Waals surface area (Å²) >= 11 is 2.87. The molecule has 0 amide bonds. The van der Waals surface area contributed by atoms with Crippen LogP contribution in [-0.2, 0) is 9.53 Å². The Labute approximate surface area is 211 Å². The molecule has 0 aliphatic carbocycles. The number of phenolic OH excluding ortho intramolecular Hbond substituents is 1. The second-order valence-corrected chi connectivity index (χ2v) is 9.62. The Balaban J connectivity index is 1.91. The minimum absolute atomic E-state index is 0.0360. The van der Waals surface area contributed by atoms with E-state index in [2.05, 4.69) is 4.99 Å². The first-order valence-electron chi connectivity index (χ1n) is 11.2. The number of carbonyl (C=O) groups is 1. The van der Waals surface area contributed by atoms with Gasteiger partial charge in [0.15, 0.2) is 16.3 Å². The zero-order chi connectivity index (χ0) is 25.1. The van der Waals surface area contributed by atoms with Crippen molar-refractivity contribution in [2.75, 3.05) is 19.5 Å². The molecule has 1 aromatic heterocycles. The predicted molar refractivity (Wildman–Crippen MR) is 138 cm³/mol. The highest BCUT2D eigenvalue weighted by Crippen LogP contribution is 2.32. The smallest absolute Gasteiger partial charge is 0.338 e. The molecule has 4 rings (SSSR count). The van der Waals surface area contributed by atoms with Gasteiger partial charge in [0.1, 0.15) is 0 Å². The monoisotopic (exact) mass is 510 g/mol. The number of allylic oxidation sites excluding steroid dienone is 1. The van der Waals surface area contributed by atoms with Crippen LogP contribution in [0.2, 0.25) is 0 Å². The van der Waals surface area contributed by atoms with Gasteiger partial charge in [0.25, 0.3) is 5.56 Å². The second kappa shape index (κ2) is 10.5. The number of aromatic nitrogens is 1. The molecule has 7 nitrogen and oxygen atoms in total. The summed E-state index contributed by atoms with van der Waals surface area (Å²) in [5, 5.41) is 10.0. The number of thiazole rings is 1. The SMILES string of the molecule is CCOC(=O)C1=C(C)N=c2s/c(=C\c3ccc(O)c(OCC)c3)c(=O)n2[C@@H]1c1ccc(SC)cc1. The van der Waals surface area contributed by atoms with Crippen LogP contribution in [0.4, 0.5) is 0 Å². The zero-order valence-corrected chi connectivity index (χ0v) is 21.5. The van der Waals surface area contributed by atoms with Crippen LogP contribution in [0.1, 0.15) is 37.9 Å².